The predicted octanol–water partition coefficient (Wildman–Crippen LogP) is -0.472. The Labute approximate surface area is 55.9 Å². The fraction of sp³-hybridized carbons (Fsp3) is 0.200. The first-order chi connectivity index (χ1) is 3.85. The third-order valence-electron chi connectivity index (χ3n) is 0.965. The lowest BCUT2D eigenvalue weighted by atomic mass is 10.4. The molecule has 0 saturated heterocycles. The van der Waals surface area contributed by atoms with E-state index < -0.39 is 0 Å². The molecule has 0 aromatic rings. The Bertz CT molecular complexity index is 74.5. The average molecular weight is 144 g/mol. The summed E-state index contributed by atoms with van der Waals surface area (Å²) < 4.78 is 5.12. The van der Waals surface area contributed by atoms with Gasteiger partial charge in [-0.2, -0.15) is 0 Å². The van der Waals surface area contributed by atoms with Crippen LogP contribution in [0.1, 0.15) is 0 Å². The Morgan fingerprint density at radius 3 is 2.12 bits per heavy atom. The molecule has 0 spiro atoms. The first kappa shape index (κ1) is 7.87. The third-order valence-corrected chi connectivity index (χ3v) is 3.35. The van der Waals surface area contributed by atoms with Crippen molar-refractivity contribution >= 4 is 20.2 Å². The molecule has 0 aliphatic rings. The van der Waals surface area contributed by atoms with Gasteiger partial charge in [-0.25, -0.2) is 0 Å². The van der Waals surface area contributed by atoms with Gasteiger partial charge in [0.15, 0.2) is 9.76 Å². The number of hydrogen-bond donors (Lipinski definition) is 0. The topological polar surface area (TPSA) is 9.23 Å². The van der Waals surface area contributed by atoms with Gasteiger partial charge in [-0.05, 0) is 0 Å². The molecule has 46 valence electrons. The minimum absolute atomic E-state index is 0.339. The average Bonchev–Trinajstić information content (AvgIpc) is 1.83. The zero-order chi connectivity index (χ0) is 6.41. The van der Waals surface area contributed by atoms with Crippen LogP contribution in [-0.2, 0) is 4.12 Å². The SMILES string of the molecule is C=CC(C=C)[SiH2]O[SiH3]. The standard InChI is InChI=1S/C5H12OSi2/c1-3-5(4-2)8-6-7/h3-5H,1-2,8H2,7H3. The van der Waals surface area contributed by atoms with Crippen LogP contribution >= 0.6 is 0 Å². The third kappa shape index (κ3) is 2.95. The van der Waals surface area contributed by atoms with Crippen molar-refractivity contribution in [3.63, 3.8) is 0 Å². The van der Waals surface area contributed by atoms with E-state index in [4.69, 9.17) is 4.12 Å². The van der Waals surface area contributed by atoms with Gasteiger partial charge in [-0.15, -0.1) is 13.2 Å². The van der Waals surface area contributed by atoms with Crippen molar-refractivity contribution in [1.29, 1.82) is 0 Å². The van der Waals surface area contributed by atoms with Gasteiger partial charge in [-0.3, -0.25) is 0 Å². The van der Waals surface area contributed by atoms with Crippen LogP contribution < -0.4 is 0 Å². The summed E-state index contributed by atoms with van der Waals surface area (Å²) in [7, 11) is 0.523. The van der Waals surface area contributed by atoms with E-state index in [-0.39, 0.29) is 9.76 Å². The van der Waals surface area contributed by atoms with Gasteiger partial charge >= 0.3 is 0 Å². The quantitative estimate of drug-likeness (QED) is 0.383. The van der Waals surface area contributed by atoms with E-state index in [1.807, 2.05) is 12.2 Å². The van der Waals surface area contributed by atoms with E-state index >= 15 is 0 Å². The monoisotopic (exact) mass is 144 g/mol. The smallest absolute Gasteiger partial charge is 0.156 e. The largest absolute Gasteiger partial charge is 0.467 e. The van der Waals surface area contributed by atoms with Gasteiger partial charge in [0.05, 0.1) is 0 Å². The Balaban J connectivity index is 3.35. The van der Waals surface area contributed by atoms with Gasteiger partial charge in [0, 0.05) is 5.54 Å². The molecule has 0 aliphatic carbocycles. The molecule has 0 saturated carbocycles. The molecule has 0 atom stereocenters. The molecule has 0 bridgehead atoms. The van der Waals surface area contributed by atoms with Crippen molar-refractivity contribution in [2.45, 2.75) is 5.54 Å². The van der Waals surface area contributed by atoms with Gasteiger partial charge in [0.25, 0.3) is 0 Å². The number of hydrogen-bond acceptors (Lipinski definition) is 1. The molecule has 0 N–H and O–H groups in total. The van der Waals surface area contributed by atoms with Crippen LogP contribution in [0.5, 0.6) is 0 Å². The van der Waals surface area contributed by atoms with E-state index in [1.165, 1.54) is 0 Å². The minimum atomic E-state index is -0.339. The van der Waals surface area contributed by atoms with Crippen LogP contribution in [0.3, 0.4) is 0 Å². The van der Waals surface area contributed by atoms with Crippen LogP contribution in [0.4, 0.5) is 0 Å². The maximum atomic E-state index is 5.12. The van der Waals surface area contributed by atoms with Crippen molar-refractivity contribution in [2.24, 2.45) is 0 Å². The first-order valence-electron chi connectivity index (χ1n) is 2.59. The fourth-order valence-electron chi connectivity index (χ4n) is 0.425. The highest BCUT2D eigenvalue weighted by Crippen LogP contribution is 2.02. The molecule has 0 aromatic carbocycles. The van der Waals surface area contributed by atoms with E-state index in [0.29, 0.717) is 5.54 Å². The van der Waals surface area contributed by atoms with Crippen molar-refractivity contribution in [1.82, 2.24) is 0 Å². The zero-order valence-electron chi connectivity index (χ0n) is 5.26. The van der Waals surface area contributed by atoms with Crippen molar-refractivity contribution in [3.8, 4) is 0 Å². The lowest BCUT2D eigenvalue weighted by Gasteiger charge is -2.01. The highest BCUT2D eigenvalue weighted by Gasteiger charge is 1.94. The summed E-state index contributed by atoms with van der Waals surface area (Å²) in [5.74, 6) is 0. The Hall–Kier alpha value is -0.126. The van der Waals surface area contributed by atoms with Crippen molar-refractivity contribution < 1.29 is 4.12 Å². The molecule has 0 aromatic heterocycles. The van der Waals surface area contributed by atoms with Crippen molar-refractivity contribution in [2.75, 3.05) is 0 Å². The van der Waals surface area contributed by atoms with E-state index in [0.717, 1.165) is 10.5 Å². The summed E-state index contributed by atoms with van der Waals surface area (Å²) in [6, 6.07) is 0. The molecule has 0 fully saturated rings. The summed E-state index contributed by atoms with van der Waals surface area (Å²) in [4.78, 5) is 0. The molecular formula is C5H12OSi2. The molecule has 0 unspecified atom stereocenters. The second-order valence-electron chi connectivity index (χ2n) is 1.59. The summed E-state index contributed by atoms with van der Waals surface area (Å²) in [5.41, 5.74) is 0.479. The zero-order valence-corrected chi connectivity index (χ0v) is 8.68. The van der Waals surface area contributed by atoms with Gasteiger partial charge in [0.2, 0.25) is 0 Å². The van der Waals surface area contributed by atoms with Crippen molar-refractivity contribution in [3.05, 3.63) is 25.3 Å². The molecule has 0 amide bonds. The predicted molar refractivity (Wildman–Crippen MR) is 43.7 cm³/mol. The Morgan fingerprint density at radius 2 is 2.00 bits per heavy atom. The molecule has 3 heteroatoms. The van der Waals surface area contributed by atoms with Crippen LogP contribution in [0.15, 0.2) is 25.3 Å². The molecule has 1 nitrogen and oxygen atoms in total. The maximum absolute atomic E-state index is 5.12. The summed E-state index contributed by atoms with van der Waals surface area (Å²) in [5, 5.41) is 0. The van der Waals surface area contributed by atoms with E-state index in [1.54, 1.807) is 0 Å². The van der Waals surface area contributed by atoms with Crippen LogP contribution in [-0.4, -0.2) is 20.2 Å². The number of allylic oxidation sites excluding steroid dienone is 2. The Kier molecular flexibility index (Phi) is 4.94. The minimum Gasteiger partial charge on any atom is -0.467 e. The number of rotatable bonds is 4. The Morgan fingerprint density at radius 1 is 1.50 bits per heavy atom. The van der Waals surface area contributed by atoms with E-state index in [2.05, 4.69) is 13.2 Å². The summed E-state index contributed by atoms with van der Waals surface area (Å²) >= 11 is 0. The fourth-order valence-corrected chi connectivity index (χ4v) is 2.24. The molecule has 8 heavy (non-hydrogen) atoms. The second kappa shape index (κ2) is 5.02. The maximum Gasteiger partial charge on any atom is 0.156 e. The highest BCUT2D eigenvalue weighted by molar-refractivity contribution is 6.37. The molecule has 0 aliphatic heterocycles. The highest BCUT2D eigenvalue weighted by atomic mass is 28.3. The van der Waals surface area contributed by atoms with Gasteiger partial charge in [-0.1, -0.05) is 12.2 Å². The second-order valence-corrected chi connectivity index (χ2v) is 5.18. The molecule has 0 radical (unpaired) electrons. The summed E-state index contributed by atoms with van der Waals surface area (Å²) in [6.07, 6.45) is 3.80. The van der Waals surface area contributed by atoms with Gasteiger partial charge in [0.1, 0.15) is 10.5 Å². The first-order valence-corrected chi connectivity index (χ1v) is 4.80. The van der Waals surface area contributed by atoms with Gasteiger partial charge < -0.3 is 4.12 Å². The lowest BCUT2D eigenvalue weighted by Crippen LogP contribution is -2.00. The molecule has 0 heterocycles. The van der Waals surface area contributed by atoms with E-state index in [9.17, 15) is 0 Å². The normalized spacial score (nSPS) is 11.1. The lowest BCUT2D eigenvalue weighted by molar-refractivity contribution is 0.658. The van der Waals surface area contributed by atoms with Crippen LogP contribution in [0.2, 0.25) is 5.54 Å². The van der Waals surface area contributed by atoms with Crippen LogP contribution in [0.25, 0.3) is 0 Å². The summed E-state index contributed by atoms with van der Waals surface area (Å²) in [6.45, 7) is 7.30. The molecular weight excluding hydrogens is 132 g/mol. The van der Waals surface area contributed by atoms with Crippen LogP contribution in [0, 0.1) is 0 Å². The molecule has 0 rings (SSSR count).